The average Bonchev–Trinajstić information content (AvgIpc) is 2.68. The Morgan fingerprint density at radius 2 is 2.29 bits per heavy atom. The summed E-state index contributed by atoms with van der Waals surface area (Å²) in [5.41, 5.74) is 0.637. The quantitative estimate of drug-likeness (QED) is 0.803. The minimum absolute atomic E-state index is 0.207. The molecule has 2 aromatic rings. The fourth-order valence-electron chi connectivity index (χ4n) is 0.909. The van der Waals surface area contributed by atoms with Gasteiger partial charge in [0, 0.05) is 6.20 Å². The van der Waals surface area contributed by atoms with Gasteiger partial charge < -0.3 is 5.11 Å². The number of aromatic nitrogens is 3. The van der Waals surface area contributed by atoms with E-state index in [0.717, 1.165) is 11.3 Å². The first-order valence-electron chi connectivity index (χ1n) is 3.73. The van der Waals surface area contributed by atoms with Gasteiger partial charge in [0.2, 0.25) is 0 Å². The maximum atomic E-state index is 10.6. The van der Waals surface area contributed by atoms with Crippen molar-refractivity contribution in [2.75, 3.05) is 0 Å². The lowest BCUT2D eigenvalue weighted by Crippen LogP contribution is -1.89. The summed E-state index contributed by atoms with van der Waals surface area (Å²) in [6, 6.07) is 1.68. The van der Waals surface area contributed by atoms with Crippen molar-refractivity contribution in [2.45, 2.75) is 0 Å². The molecule has 0 aliphatic heterocycles. The molecular weight excluding hydrogens is 202 g/mol. The Hall–Kier alpha value is -1.82. The van der Waals surface area contributed by atoms with Gasteiger partial charge >= 0.3 is 5.97 Å². The zero-order valence-corrected chi connectivity index (χ0v) is 7.73. The van der Waals surface area contributed by atoms with Crippen molar-refractivity contribution in [3.8, 4) is 10.7 Å². The predicted molar refractivity (Wildman–Crippen MR) is 50.1 cm³/mol. The summed E-state index contributed by atoms with van der Waals surface area (Å²) in [6.07, 6.45) is 4.31. The van der Waals surface area contributed by atoms with E-state index in [9.17, 15) is 4.79 Å². The monoisotopic (exact) mass is 207 g/mol. The highest BCUT2D eigenvalue weighted by molar-refractivity contribution is 7.16. The molecule has 0 unspecified atom stereocenters. The minimum atomic E-state index is -0.970. The molecule has 0 fully saturated rings. The summed E-state index contributed by atoms with van der Waals surface area (Å²) < 4.78 is 0. The Bertz CT molecular complexity index is 455. The molecule has 0 bridgehead atoms. The number of rotatable bonds is 2. The Kier molecular flexibility index (Phi) is 2.19. The van der Waals surface area contributed by atoms with Gasteiger partial charge in [-0.3, -0.25) is 0 Å². The summed E-state index contributed by atoms with van der Waals surface area (Å²) >= 11 is 1.09. The lowest BCUT2D eigenvalue weighted by Gasteiger charge is -1.90. The molecule has 0 aliphatic carbocycles. The predicted octanol–water partition coefficient (Wildman–Crippen LogP) is 1.30. The van der Waals surface area contributed by atoms with Crippen LogP contribution in [-0.4, -0.2) is 26.0 Å². The summed E-state index contributed by atoms with van der Waals surface area (Å²) in [5, 5.41) is 9.27. The zero-order valence-electron chi connectivity index (χ0n) is 6.91. The third-order valence-electron chi connectivity index (χ3n) is 1.52. The SMILES string of the molecule is O=C(O)c1cnc(-c2ccncn2)s1. The Labute approximate surface area is 83.1 Å². The molecule has 0 amide bonds. The van der Waals surface area contributed by atoms with Crippen molar-refractivity contribution in [3.05, 3.63) is 29.7 Å². The second-order valence-electron chi connectivity index (χ2n) is 2.43. The van der Waals surface area contributed by atoms with Gasteiger partial charge in [0.05, 0.1) is 6.20 Å². The molecule has 0 saturated carbocycles. The van der Waals surface area contributed by atoms with Crippen LogP contribution in [0.5, 0.6) is 0 Å². The average molecular weight is 207 g/mol. The first-order valence-corrected chi connectivity index (χ1v) is 4.54. The van der Waals surface area contributed by atoms with Crippen molar-refractivity contribution < 1.29 is 9.90 Å². The molecule has 2 rings (SSSR count). The van der Waals surface area contributed by atoms with Crippen LogP contribution in [0.2, 0.25) is 0 Å². The fourth-order valence-corrected chi connectivity index (χ4v) is 1.64. The van der Waals surface area contributed by atoms with Crippen LogP contribution in [0.1, 0.15) is 9.67 Å². The van der Waals surface area contributed by atoms with Crippen LogP contribution < -0.4 is 0 Å². The van der Waals surface area contributed by atoms with E-state index in [2.05, 4.69) is 15.0 Å². The number of hydrogen-bond acceptors (Lipinski definition) is 5. The van der Waals surface area contributed by atoms with Gasteiger partial charge in [-0.05, 0) is 6.07 Å². The first-order chi connectivity index (χ1) is 6.77. The van der Waals surface area contributed by atoms with Crippen LogP contribution in [0.25, 0.3) is 10.7 Å². The number of hydrogen-bond donors (Lipinski definition) is 1. The van der Waals surface area contributed by atoms with E-state index in [1.807, 2.05) is 0 Å². The van der Waals surface area contributed by atoms with Crippen LogP contribution in [0.3, 0.4) is 0 Å². The van der Waals surface area contributed by atoms with Gasteiger partial charge in [-0.15, -0.1) is 11.3 Å². The second-order valence-corrected chi connectivity index (χ2v) is 3.46. The van der Waals surface area contributed by atoms with Crippen molar-refractivity contribution in [3.63, 3.8) is 0 Å². The topological polar surface area (TPSA) is 76.0 Å². The molecule has 0 atom stereocenters. The molecule has 0 radical (unpaired) electrons. The molecule has 6 heteroatoms. The second kappa shape index (κ2) is 3.51. The maximum Gasteiger partial charge on any atom is 0.347 e. The van der Waals surface area contributed by atoms with Crippen LogP contribution in [-0.2, 0) is 0 Å². The summed E-state index contributed by atoms with van der Waals surface area (Å²) in [6.45, 7) is 0. The van der Waals surface area contributed by atoms with Crippen LogP contribution in [0.4, 0.5) is 0 Å². The van der Waals surface area contributed by atoms with Gasteiger partial charge in [0.15, 0.2) is 0 Å². The number of carboxylic acid groups (broad SMARTS) is 1. The molecule has 5 nitrogen and oxygen atoms in total. The molecule has 0 saturated heterocycles. The van der Waals surface area contributed by atoms with Crippen molar-refractivity contribution in [2.24, 2.45) is 0 Å². The van der Waals surface area contributed by atoms with Crippen LogP contribution >= 0.6 is 11.3 Å². The largest absolute Gasteiger partial charge is 0.477 e. The lowest BCUT2D eigenvalue weighted by molar-refractivity contribution is 0.0702. The summed E-state index contributed by atoms with van der Waals surface area (Å²) in [7, 11) is 0. The highest BCUT2D eigenvalue weighted by Crippen LogP contribution is 2.22. The van der Waals surface area contributed by atoms with E-state index >= 15 is 0 Å². The van der Waals surface area contributed by atoms with E-state index in [1.54, 1.807) is 12.3 Å². The Morgan fingerprint density at radius 3 is 2.86 bits per heavy atom. The number of thiazole rings is 1. The van der Waals surface area contributed by atoms with E-state index in [-0.39, 0.29) is 4.88 Å². The Morgan fingerprint density at radius 1 is 1.43 bits per heavy atom. The fraction of sp³-hybridized carbons (Fsp3) is 0. The number of aromatic carboxylic acids is 1. The summed E-state index contributed by atoms with van der Waals surface area (Å²) in [4.78, 5) is 22.5. The molecule has 0 aliphatic rings. The molecular formula is C8H5N3O2S. The summed E-state index contributed by atoms with van der Waals surface area (Å²) in [5.74, 6) is -0.970. The molecule has 2 heterocycles. The van der Waals surface area contributed by atoms with E-state index in [1.165, 1.54) is 12.5 Å². The first kappa shape index (κ1) is 8.76. The van der Waals surface area contributed by atoms with E-state index in [0.29, 0.717) is 10.7 Å². The van der Waals surface area contributed by atoms with E-state index < -0.39 is 5.97 Å². The van der Waals surface area contributed by atoms with Crippen LogP contribution in [0.15, 0.2) is 24.8 Å². The van der Waals surface area contributed by atoms with Crippen molar-refractivity contribution >= 4 is 17.3 Å². The number of carbonyl (C=O) groups is 1. The highest BCUT2D eigenvalue weighted by atomic mass is 32.1. The standard InChI is InChI=1S/C8H5N3O2S/c12-8(13)6-3-10-7(14-6)5-1-2-9-4-11-5/h1-4H,(H,12,13). The highest BCUT2D eigenvalue weighted by Gasteiger charge is 2.10. The molecule has 70 valence electrons. The smallest absolute Gasteiger partial charge is 0.347 e. The van der Waals surface area contributed by atoms with Crippen LogP contribution in [0, 0.1) is 0 Å². The third-order valence-corrected chi connectivity index (χ3v) is 2.53. The van der Waals surface area contributed by atoms with Gasteiger partial charge in [-0.2, -0.15) is 0 Å². The van der Waals surface area contributed by atoms with Gasteiger partial charge in [0.1, 0.15) is 21.9 Å². The van der Waals surface area contributed by atoms with Gasteiger partial charge in [-0.25, -0.2) is 19.7 Å². The zero-order chi connectivity index (χ0) is 9.97. The molecule has 2 aromatic heterocycles. The molecule has 0 aromatic carbocycles. The van der Waals surface area contributed by atoms with Gasteiger partial charge in [0.25, 0.3) is 0 Å². The van der Waals surface area contributed by atoms with Gasteiger partial charge in [-0.1, -0.05) is 0 Å². The van der Waals surface area contributed by atoms with Crippen molar-refractivity contribution in [1.82, 2.24) is 15.0 Å². The Balaban J connectivity index is 2.39. The molecule has 14 heavy (non-hydrogen) atoms. The third kappa shape index (κ3) is 1.60. The number of carboxylic acids is 1. The molecule has 0 spiro atoms. The maximum absolute atomic E-state index is 10.6. The normalized spacial score (nSPS) is 10.0. The van der Waals surface area contributed by atoms with E-state index in [4.69, 9.17) is 5.11 Å². The number of nitrogens with zero attached hydrogens (tertiary/aromatic N) is 3. The minimum Gasteiger partial charge on any atom is -0.477 e. The van der Waals surface area contributed by atoms with Crippen molar-refractivity contribution in [1.29, 1.82) is 0 Å². The lowest BCUT2D eigenvalue weighted by atomic mass is 10.4. The molecule has 1 N–H and O–H groups in total.